The first-order valence-electron chi connectivity index (χ1n) is 7.94. The molecule has 1 fully saturated rings. The van der Waals surface area contributed by atoms with Gasteiger partial charge in [-0.2, -0.15) is 0 Å². The maximum Gasteiger partial charge on any atom is 0.223 e. The second-order valence-electron chi connectivity index (χ2n) is 6.17. The van der Waals surface area contributed by atoms with Crippen LogP contribution in [0.5, 0.6) is 0 Å². The van der Waals surface area contributed by atoms with Gasteiger partial charge in [0.25, 0.3) is 0 Å². The smallest absolute Gasteiger partial charge is 0.223 e. The van der Waals surface area contributed by atoms with Crippen LogP contribution in [0.4, 0.5) is 5.95 Å². The van der Waals surface area contributed by atoms with Gasteiger partial charge in [0.2, 0.25) is 5.95 Å². The van der Waals surface area contributed by atoms with E-state index in [1.165, 1.54) is 11.1 Å². The fourth-order valence-electron chi connectivity index (χ4n) is 3.17. The van der Waals surface area contributed by atoms with Crippen LogP contribution in [0, 0.1) is 6.92 Å². The Morgan fingerprint density at radius 1 is 1.24 bits per heavy atom. The summed E-state index contributed by atoms with van der Waals surface area (Å²) in [4.78, 5) is 9.23. The van der Waals surface area contributed by atoms with Crippen LogP contribution in [0.3, 0.4) is 0 Å². The molecule has 4 heteroatoms. The highest BCUT2D eigenvalue weighted by Crippen LogP contribution is 2.23. The lowest BCUT2D eigenvalue weighted by Gasteiger charge is -2.26. The molecule has 0 bridgehead atoms. The first kappa shape index (κ1) is 14.3. The van der Waals surface area contributed by atoms with Crippen LogP contribution in [0.2, 0.25) is 0 Å². The Balaban J connectivity index is 1.85. The van der Waals surface area contributed by atoms with Crippen molar-refractivity contribution in [2.75, 3.05) is 5.32 Å². The number of rotatable bonds is 3. The average molecular weight is 284 g/mol. The largest absolute Gasteiger partial charge is 0.351 e. The lowest BCUT2D eigenvalue weighted by atomic mass is 9.92. The van der Waals surface area contributed by atoms with Gasteiger partial charge in [0, 0.05) is 23.7 Å². The molecule has 1 aliphatic carbocycles. The fraction of sp³-hybridized carbons (Fsp3) is 0.529. The minimum Gasteiger partial charge on any atom is -0.351 e. The molecule has 1 saturated carbocycles. The molecular formula is C17H24N4. The van der Waals surface area contributed by atoms with E-state index in [0.29, 0.717) is 12.1 Å². The molecule has 1 heterocycles. The van der Waals surface area contributed by atoms with Gasteiger partial charge < -0.3 is 11.1 Å². The SMILES string of the molecule is CCc1cc(C)cc2cnc(NC3CCC(N)CC3)nc12. The van der Waals surface area contributed by atoms with E-state index in [1.54, 1.807) is 0 Å². The number of anilines is 1. The van der Waals surface area contributed by atoms with Crippen molar-refractivity contribution >= 4 is 16.9 Å². The van der Waals surface area contributed by atoms with Crippen LogP contribution >= 0.6 is 0 Å². The Labute approximate surface area is 126 Å². The second-order valence-corrected chi connectivity index (χ2v) is 6.17. The lowest BCUT2D eigenvalue weighted by Crippen LogP contribution is -2.33. The van der Waals surface area contributed by atoms with Crippen LogP contribution in [-0.4, -0.2) is 22.1 Å². The van der Waals surface area contributed by atoms with Crippen molar-refractivity contribution < 1.29 is 0 Å². The quantitative estimate of drug-likeness (QED) is 0.908. The van der Waals surface area contributed by atoms with E-state index in [-0.39, 0.29) is 0 Å². The Morgan fingerprint density at radius 3 is 2.71 bits per heavy atom. The minimum absolute atomic E-state index is 0.371. The first-order chi connectivity index (χ1) is 10.2. The summed E-state index contributed by atoms with van der Waals surface area (Å²) in [6, 6.07) is 5.20. The highest BCUT2D eigenvalue weighted by Gasteiger charge is 2.19. The van der Waals surface area contributed by atoms with Gasteiger partial charge in [0.05, 0.1) is 5.52 Å². The third-order valence-electron chi connectivity index (χ3n) is 4.39. The highest BCUT2D eigenvalue weighted by molar-refractivity contribution is 5.82. The molecule has 21 heavy (non-hydrogen) atoms. The molecule has 4 nitrogen and oxygen atoms in total. The summed E-state index contributed by atoms with van der Waals surface area (Å²) in [7, 11) is 0. The summed E-state index contributed by atoms with van der Waals surface area (Å²) >= 11 is 0. The number of nitrogens with zero attached hydrogens (tertiary/aromatic N) is 2. The second kappa shape index (κ2) is 5.98. The molecule has 2 aromatic rings. The van der Waals surface area contributed by atoms with E-state index in [0.717, 1.165) is 49.0 Å². The van der Waals surface area contributed by atoms with Gasteiger partial charge in [0.1, 0.15) is 0 Å². The molecule has 3 rings (SSSR count). The van der Waals surface area contributed by atoms with Crippen LogP contribution in [0.1, 0.15) is 43.7 Å². The third kappa shape index (κ3) is 3.16. The predicted molar refractivity (Wildman–Crippen MR) is 87.5 cm³/mol. The number of nitrogens with two attached hydrogens (primary N) is 1. The topological polar surface area (TPSA) is 63.8 Å². The fourth-order valence-corrected chi connectivity index (χ4v) is 3.17. The molecule has 1 aromatic carbocycles. The molecular weight excluding hydrogens is 260 g/mol. The van der Waals surface area contributed by atoms with E-state index in [2.05, 4.69) is 36.3 Å². The summed E-state index contributed by atoms with van der Waals surface area (Å²) in [5, 5.41) is 4.61. The first-order valence-corrected chi connectivity index (χ1v) is 7.94. The lowest BCUT2D eigenvalue weighted by molar-refractivity contribution is 0.410. The van der Waals surface area contributed by atoms with Crippen LogP contribution in [0.25, 0.3) is 10.9 Å². The molecule has 0 atom stereocenters. The Kier molecular flexibility index (Phi) is 4.06. The molecule has 3 N–H and O–H groups in total. The molecule has 0 saturated heterocycles. The van der Waals surface area contributed by atoms with E-state index in [1.807, 2.05) is 6.20 Å². The number of fused-ring (bicyclic) bond motifs is 1. The number of aromatic nitrogens is 2. The number of nitrogens with one attached hydrogen (secondary N) is 1. The normalized spacial score (nSPS) is 22.4. The number of benzene rings is 1. The van der Waals surface area contributed by atoms with Gasteiger partial charge in [-0.05, 0) is 50.7 Å². The van der Waals surface area contributed by atoms with Crippen LogP contribution in [0.15, 0.2) is 18.3 Å². The van der Waals surface area contributed by atoms with Crippen molar-refractivity contribution in [3.63, 3.8) is 0 Å². The maximum atomic E-state index is 5.96. The van der Waals surface area contributed by atoms with Gasteiger partial charge in [-0.3, -0.25) is 0 Å². The average Bonchev–Trinajstić information content (AvgIpc) is 2.49. The van der Waals surface area contributed by atoms with Crippen LogP contribution < -0.4 is 11.1 Å². The third-order valence-corrected chi connectivity index (χ3v) is 4.39. The summed E-state index contributed by atoms with van der Waals surface area (Å²) in [5.41, 5.74) is 9.60. The van der Waals surface area contributed by atoms with Crippen LogP contribution in [-0.2, 0) is 6.42 Å². The molecule has 0 spiro atoms. The summed E-state index contributed by atoms with van der Waals surface area (Å²) in [6.07, 6.45) is 7.32. The number of hydrogen-bond acceptors (Lipinski definition) is 4. The van der Waals surface area contributed by atoms with E-state index in [9.17, 15) is 0 Å². The Hall–Kier alpha value is -1.68. The summed E-state index contributed by atoms with van der Waals surface area (Å²) in [5.74, 6) is 0.751. The Morgan fingerprint density at radius 2 is 2.00 bits per heavy atom. The number of aryl methyl sites for hydroxylation is 2. The highest BCUT2D eigenvalue weighted by atomic mass is 15.1. The summed E-state index contributed by atoms with van der Waals surface area (Å²) < 4.78 is 0. The van der Waals surface area contributed by atoms with Gasteiger partial charge in [-0.1, -0.05) is 18.6 Å². The molecule has 0 amide bonds. The van der Waals surface area contributed by atoms with Gasteiger partial charge in [-0.15, -0.1) is 0 Å². The molecule has 1 aliphatic rings. The molecule has 0 radical (unpaired) electrons. The van der Waals surface area contributed by atoms with Crippen molar-refractivity contribution in [1.29, 1.82) is 0 Å². The number of hydrogen-bond donors (Lipinski definition) is 2. The zero-order valence-electron chi connectivity index (χ0n) is 12.9. The Bertz CT molecular complexity index is 630. The van der Waals surface area contributed by atoms with Gasteiger partial charge in [0.15, 0.2) is 0 Å². The van der Waals surface area contributed by atoms with Gasteiger partial charge in [-0.25, -0.2) is 9.97 Å². The van der Waals surface area contributed by atoms with Gasteiger partial charge >= 0.3 is 0 Å². The molecule has 1 aromatic heterocycles. The van der Waals surface area contributed by atoms with E-state index in [4.69, 9.17) is 10.7 Å². The standard InChI is InChI=1S/C17H24N4/c1-3-12-8-11(2)9-13-10-19-17(21-16(12)13)20-15-6-4-14(18)5-7-15/h8-10,14-15H,3-7,18H2,1-2H3,(H,19,20,21). The van der Waals surface area contributed by atoms with Crippen molar-refractivity contribution in [1.82, 2.24) is 9.97 Å². The van der Waals surface area contributed by atoms with E-state index < -0.39 is 0 Å². The zero-order chi connectivity index (χ0) is 14.8. The van der Waals surface area contributed by atoms with Crippen molar-refractivity contribution in [3.05, 3.63) is 29.5 Å². The van der Waals surface area contributed by atoms with E-state index >= 15 is 0 Å². The molecule has 0 aliphatic heterocycles. The van der Waals surface area contributed by atoms with Crippen molar-refractivity contribution in [2.45, 2.75) is 58.0 Å². The van der Waals surface area contributed by atoms with Crippen molar-refractivity contribution in [3.8, 4) is 0 Å². The zero-order valence-corrected chi connectivity index (χ0v) is 12.9. The van der Waals surface area contributed by atoms with Crippen molar-refractivity contribution in [2.24, 2.45) is 5.73 Å². The summed E-state index contributed by atoms with van der Waals surface area (Å²) in [6.45, 7) is 4.29. The monoisotopic (exact) mass is 284 g/mol. The molecule has 112 valence electrons. The maximum absolute atomic E-state index is 5.96. The molecule has 0 unspecified atom stereocenters. The minimum atomic E-state index is 0.371. The predicted octanol–water partition coefficient (Wildman–Crippen LogP) is 3.18.